The standard InChI is InChI=1S/C20H30N4O2/c1-23(18-12-21-9-10-22-18)17-6-5-15-13-24(14-16(15)17)19(25)11-20(26)7-3-2-4-8-20/h9-10,12,15-17,26H,2-8,11,13-14H2,1H3/t15-,16+,17-/m1/s1. The maximum atomic E-state index is 12.8. The minimum Gasteiger partial charge on any atom is -0.389 e. The highest BCUT2D eigenvalue weighted by molar-refractivity contribution is 5.77. The van der Waals surface area contributed by atoms with Gasteiger partial charge in [-0.2, -0.15) is 0 Å². The van der Waals surface area contributed by atoms with Crippen molar-refractivity contribution in [1.29, 1.82) is 0 Å². The zero-order chi connectivity index (χ0) is 18.1. The fraction of sp³-hybridized carbons (Fsp3) is 0.750. The van der Waals surface area contributed by atoms with E-state index in [9.17, 15) is 9.90 Å². The van der Waals surface area contributed by atoms with E-state index in [-0.39, 0.29) is 5.91 Å². The Hall–Kier alpha value is -1.69. The highest BCUT2D eigenvalue weighted by Crippen LogP contribution is 2.42. The number of hydrogen-bond donors (Lipinski definition) is 1. The van der Waals surface area contributed by atoms with E-state index >= 15 is 0 Å². The van der Waals surface area contributed by atoms with Crippen LogP contribution in [0.1, 0.15) is 51.4 Å². The number of aromatic nitrogens is 2. The van der Waals surface area contributed by atoms with Crippen molar-refractivity contribution in [2.45, 2.75) is 63.0 Å². The van der Waals surface area contributed by atoms with Crippen molar-refractivity contribution in [3.05, 3.63) is 18.6 Å². The molecule has 4 rings (SSSR count). The molecule has 2 saturated carbocycles. The van der Waals surface area contributed by atoms with E-state index in [2.05, 4.69) is 21.9 Å². The molecule has 2 aliphatic carbocycles. The van der Waals surface area contributed by atoms with Crippen molar-refractivity contribution in [3.63, 3.8) is 0 Å². The number of aliphatic hydroxyl groups is 1. The van der Waals surface area contributed by atoms with Crippen LogP contribution in [0.2, 0.25) is 0 Å². The summed E-state index contributed by atoms with van der Waals surface area (Å²) in [5.74, 6) is 2.11. The van der Waals surface area contributed by atoms with E-state index in [1.54, 1.807) is 12.4 Å². The van der Waals surface area contributed by atoms with Crippen LogP contribution >= 0.6 is 0 Å². The molecule has 0 bridgehead atoms. The Morgan fingerprint density at radius 3 is 2.81 bits per heavy atom. The molecular formula is C20H30N4O2. The minimum absolute atomic E-state index is 0.143. The molecule has 1 saturated heterocycles. The van der Waals surface area contributed by atoms with Crippen molar-refractivity contribution in [1.82, 2.24) is 14.9 Å². The molecule has 3 atom stereocenters. The molecule has 1 N–H and O–H groups in total. The molecular weight excluding hydrogens is 328 g/mol. The Morgan fingerprint density at radius 1 is 1.27 bits per heavy atom. The summed E-state index contributed by atoms with van der Waals surface area (Å²) in [5, 5.41) is 10.7. The van der Waals surface area contributed by atoms with Crippen LogP contribution in [0.5, 0.6) is 0 Å². The maximum Gasteiger partial charge on any atom is 0.225 e. The van der Waals surface area contributed by atoms with E-state index < -0.39 is 5.60 Å². The van der Waals surface area contributed by atoms with Crippen molar-refractivity contribution < 1.29 is 9.90 Å². The van der Waals surface area contributed by atoms with Gasteiger partial charge in [0, 0.05) is 44.5 Å². The van der Waals surface area contributed by atoms with E-state index in [0.717, 1.165) is 57.4 Å². The first-order valence-electron chi connectivity index (χ1n) is 10.0. The summed E-state index contributed by atoms with van der Waals surface area (Å²) in [6, 6.07) is 0.410. The van der Waals surface area contributed by atoms with Crippen molar-refractivity contribution in [2.24, 2.45) is 11.8 Å². The molecule has 142 valence electrons. The number of carbonyl (C=O) groups excluding carboxylic acids is 1. The Bertz CT molecular complexity index is 632. The van der Waals surface area contributed by atoms with E-state index in [0.29, 0.717) is 24.3 Å². The number of nitrogens with zero attached hydrogens (tertiary/aromatic N) is 4. The van der Waals surface area contributed by atoms with Crippen LogP contribution in [0.25, 0.3) is 0 Å². The summed E-state index contributed by atoms with van der Waals surface area (Å²) in [7, 11) is 2.09. The van der Waals surface area contributed by atoms with Gasteiger partial charge in [-0.25, -0.2) is 4.98 Å². The van der Waals surface area contributed by atoms with Gasteiger partial charge in [-0.3, -0.25) is 9.78 Å². The van der Waals surface area contributed by atoms with Crippen LogP contribution in [0.15, 0.2) is 18.6 Å². The van der Waals surface area contributed by atoms with Crippen molar-refractivity contribution in [3.8, 4) is 0 Å². The molecule has 0 spiro atoms. The second kappa shape index (κ2) is 7.14. The third-order valence-electron chi connectivity index (χ3n) is 6.84. The zero-order valence-corrected chi connectivity index (χ0v) is 15.7. The lowest BCUT2D eigenvalue weighted by Gasteiger charge is -2.33. The topological polar surface area (TPSA) is 69.6 Å². The number of rotatable bonds is 4. The molecule has 3 aliphatic rings. The van der Waals surface area contributed by atoms with Gasteiger partial charge in [0.1, 0.15) is 5.82 Å². The largest absolute Gasteiger partial charge is 0.389 e. The normalized spacial score (nSPS) is 30.2. The number of likely N-dealkylation sites (tertiary alicyclic amines) is 1. The molecule has 26 heavy (non-hydrogen) atoms. The van der Waals surface area contributed by atoms with Gasteiger partial charge in [-0.1, -0.05) is 19.3 Å². The summed E-state index contributed by atoms with van der Waals surface area (Å²) in [6.45, 7) is 1.67. The number of carbonyl (C=O) groups is 1. The molecule has 6 heteroatoms. The first-order chi connectivity index (χ1) is 12.6. The van der Waals surface area contributed by atoms with Gasteiger partial charge in [-0.15, -0.1) is 0 Å². The summed E-state index contributed by atoms with van der Waals surface area (Å²) >= 11 is 0. The smallest absolute Gasteiger partial charge is 0.225 e. The summed E-state index contributed by atoms with van der Waals surface area (Å²) in [6.07, 6.45) is 12.7. The third-order valence-corrected chi connectivity index (χ3v) is 6.84. The highest BCUT2D eigenvalue weighted by atomic mass is 16.3. The molecule has 6 nitrogen and oxygen atoms in total. The van der Waals surface area contributed by atoms with E-state index in [1.807, 2.05) is 11.1 Å². The van der Waals surface area contributed by atoms with Gasteiger partial charge in [0.2, 0.25) is 5.91 Å². The molecule has 1 aromatic heterocycles. The Labute approximate surface area is 155 Å². The first kappa shape index (κ1) is 17.7. The quantitative estimate of drug-likeness (QED) is 0.894. The molecule has 0 unspecified atom stereocenters. The van der Waals surface area contributed by atoms with E-state index in [4.69, 9.17) is 0 Å². The summed E-state index contributed by atoms with van der Waals surface area (Å²) < 4.78 is 0. The monoisotopic (exact) mass is 358 g/mol. The number of hydrogen-bond acceptors (Lipinski definition) is 5. The van der Waals surface area contributed by atoms with E-state index in [1.165, 1.54) is 6.42 Å². The first-order valence-corrected chi connectivity index (χ1v) is 10.0. The lowest BCUT2D eigenvalue weighted by molar-refractivity contribution is -0.137. The van der Waals surface area contributed by atoms with Crippen LogP contribution in [-0.2, 0) is 4.79 Å². The van der Waals surface area contributed by atoms with Crippen LogP contribution in [-0.4, -0.2) is 57.7 Å². The van der Waals surface area contributed by atoms with Crippen LogP contribution in [0.3, 0.4) is 0 Å². The molecule has 1 aromatic rings. The zero-order valence-electron chi connectivity index (χ0n) is 15.7. The second-order valence-electron chi connectivity index (χ2n) is 8.50. The van der Waals surface area contributed by atoms with Gasteiger partial charge < -0.3 is 14.9 Å². The molecule has 1 amide bonds. The summed E-state index contributed by atoms with van der Waals surface area (Å²) in [5.41, 5.74) is -0.761. The van der Waals surface area contributed by atoms with Gasteiger partial charge >= 0.3 is 0 Å². The molecule has 2 heterocycles. The Morgan fingerprint density at radius 2 is 2.08 bits per heavy atom. The van der Waals surface area contributed by atoms with Gasteiger partial charge in [0.15, 0.2) is 0 Å². The van der Waals surface area contributed by atoms with Crippen LogP contribution in [0.4, 0.5) is 5.82 Å². The highest BCUT2D eigenvalue weighted by Gasteiger charge is 2.46. The Balaban J connectivity index is 1.39. The Kier molecular flexibility index (Phi) is 4.86. The lowest BCUT2D eigenvalue weighted by atomic mass is 9.82. The van der Waals surface area contributed by atoms with Crippen molar-refractivity contribution in [2.75, 3.05) is 25.0 Å². The molecule has 0 radical (unpaired) electrons. The maximum absolute atomic E-state index is 12.8. The fourth-order valence-electron chi connectivity index (χ4n) is 5.34. The van der Waals surface area contributed by atoms with Gasteiger partial charge in [-0.05, 0) is 31.6 Å². The minimum atomic E-state index is -0.761. The van der Waals surface area contributed by atoms with Crippen LogP contribution in [0, 0.1) is 11.8 Å². The molecule has 3 fully saturated rings. The second-order valence-corrected chi connectivity index (χ2v) is 8.50. The SMILES string of the molecule is CN(c1cnccn1)[C@@H]1CC[C@@H]2CN(C(=O)CC3(O)CCCCC3)C[C@@H]21. The predicted molar refractivity (Wildman–Crippen MR) is 99.7 cm³/mol. The number of amides is 1. The predicted octanol–water partition coefficient (Wildman–Crippen LogP) is 2.24. The third kappa shape index (κ3) is 3.43. The van der Waals surface area contributed by atoms with Gasteiger partial charge in [0.05, 0.1) is 18.2 Å². The number of anilines is 1. The van der Waals surface area contributed by atoms with Crippen molar-refractivity contribution >= 4 is 11.7 Å². The summed E-state index contributed by atoms with van der Waals surface area (Å²) in [4.78, 5) is 25.7. The van der Waals surface area contributed by atoms with Crippen LogP contribution < -0.4 is 4.90 Å². The average molecular weight is 358 g/mol. The number of fused-ring (bicyclic) bond motifs is 1. The fourth-order valence-corrected chi connectivity index (χ4v) is 5.34. The average Bonchev–Trinajstić information content (AvgIpc) is 3.23. The molecule has 1 aliphatic heterocycles. The lowest BCUT2D eigenvalue weighted by Crippen LogP contribution is -2.42. The van der Waals surface area contributed by atoms with Gasteiger partial charge in [0.25, 0.3) is 0 Å². The molecule has 0 aromatic carbocycles.